The first kappa shape index (κ1) is 17.9. The van der Waals surface area contributed by atoms with Crippen LogP contribution in [0, 0.1) is 13.8 Å². The molecule has 0 radical (unpaired) electrons. The summed E-state index contributed by atoms with van der Waals surface area (Å²) in [7, 11) is 0. The molecule has 0 bridgehead atoms. The summed E-state index contributed by atoms with van der Waals surface area (Å²) in [4.78, 5) is 0. The van der Waals surface area contributed by atoms with Crippen LogP contribution in [0.25, 0.3) is 5.65 Å². The number of alkyl halides is 3. The van der Waals surface area contributed by atoms with E-state index in [9.17, 15) is 13.2 Å². The minimum absolute atomic E-state index is 0.0867. The smallest absolute Gasteiger partial charge is 0.367 e. The number of halogens is 3. The Labute approximate surface area is 143 Å². The number of nitrogens with zero attached hydrogens (tertiary/aromatic N) is 4. The van der Waals surface area contributed by atoms with Gasteiger partial charge in [-0.25, -0.2) is 0 Å². The first-order valence-electron chi connectivity index (χ1n) is 8.08. The molecule has 25 heavy (non-hydrogen) atoms. The van der Waals surface area contributed by atoms with Gasteiger partial charge in [0.1, 0.15) is 0 Å². The summed E-state index contributed by atoms with van der Waals surface area (Å²) in [6.07, 6.45) is -3.91. The van der Waals surface area contributed by atoms with E-state index in [1.54, 1.807) is 13.8 Å². The second kappa shape index (κ2) is 5.30. The van der Waals surface area contributed by atoms with Crippen molar-refractivity contribution in [3.05, 3.63) is 17.0 Å². The third-order valence-corrected chi connectivity index (χ3v) is 4.73. The topological polar surface area (TPSA) is 64.3 Å². The zero-order valence-electron chi connectivity index (χ0n) is 15.1. The van der Waals surface area contributed by atoms with Gasteiger partial charge in [-0.3, -0.25) is 0 Å². The zero-order chi connectivity index (χ0) is 18.8. The van der Waals surface area contributed by atoms with Crippen LogP contribution in [0.5, 0.6) is 0 Å². The molecular weight excluding hydrogens is 335 g/mol. The molecule has 1 saturated heterocycles. The Morgan fingerprint density at radius 3 is 2.28 bits per heavy atom. The highest BCUT2D eigenvalue weighted by molar-refractivity contribution is 5.58. The van der Waals surface area contributed by atoms with Crippen molar-refractivity contribution in [3.63, 3.8) is 0 Å². The molecule has 6 nitrogen and oxygen atoms in total. The number of ether oxygens (including phenoxy) is 1. The molecule has 1 aliphatic heterocycles. The molecule has 1 unspecified atom stereocenters. The molecule has 1 N–H and O–H groups in total. The summed E-state index contributed by atoms with van der Waals surface area (Å²) in [5, 5.41) is 14.3. The van der Waals surface area contributed by atoms with Crippen LogP contribution in [-0.2, 0) is 10.9 Å². The number of anilines is 1. The maximum atomic E-state index is 13.1. The van der Waals surface area contributed by atoms with Crippen LogP contribution in [0.3, 0.4) is 0 Å². The van der Waals surface area contributed by atoms with Crippen molar-refractivity contribution < 1.29 is 17.9 Å². The molecule has 3 heterocycles. The number of hydrogen-bond donors (Lipinski definition) is 1. The molecule has 2 aromatic heterocycles. The van der Waals surface area contributed by atoms with E-state index in [4.69, 9.17) is 4.74 Å². The van der Waals surface area contributed by atoms with Crippen molar-refractivity contribution in [2.75, 3.05) is 5.32 Å². The Bertz CT molecular complexity index is 825. The predicted molar refractivity (Wildman–Crippen MR) is 86.5 cm³/mol. The van der Waals surface area contributed by atoms with Gasteiger partial charge in [0, 0.05) is 5.56 Å². The SMILES string of the molecule is Cc1c(NC2CC(C)(C)OC2(C)C)nn2c(C(F)(F)F)nnc2c1C. The van der Waals surface area contributed by atoms with E-state index < -0.39 is 17.6 Å². The van der Waals surface area contributed by atoms with Gasteiger partial charge in [0.15, 0.2) is 11.5 Å². The summed E-state index contributed by atoms with van der Waals surface area (Å²) in [5.41, 5.74) is 0.672. The number of hydrogen-bond acceptors (Lipinski definition) is 5. The highest BCUT2D eigenvalue weighted by Crippen LogP contribution is 2.39. The number of rotatable bonds is 2. The molecular formula is C16H22F3N5O. The maximum absolute atomic E-state index is 13.1. The van der Waals surface area contributed by atoms with Gasteiger partial charge < -0.3 is 10.1 Å². The van der Waals surface area contributed by atoms with Gasteiger partial charge in [0.2, 0.25) is 0 Å². The Kier molecular flexibility index (Phi) is 3.79. The van der Waals surface area contributed by atoms with Crippen molar-refractivity contribution >= 4 is 11.5 Å². The second-order valence-corrected chi connectivity index (χ2v) is 7.72. The largest absolute Gasteiger partial charge is 0.453 e. The van der Waals surface area contributed by atoms with Crippen LogP contribution < -0.4 is 5.32 Å². The predicted octanol–water partition coefficient (Wildman–Crippen LogP) is 3.52. The van der Waals surface area contributed by atoms with Crippen LogP contribution in [0.1, 0.15) is 51.1 Å². The van der Waals surface area contributed by atoms with E-state index in [2.05, 4.69) is 20.6 Å². The summed E-state index contributed by atoms with van der Waals surface area (Å²) >= 11 is 0. The van der Waals surface area contributed by atoms with Crippen LogP contribution in [-0.4, -0.2) is 37.1 Å². The average Bonchev–Trinajstić information content (AvgIpc) is 2.93. The normalized spacial score (nSPS) is 22.5. The molecule has 3 rings (SSSR count). The number of fused-ring (bicyclic) bond motifs is 1. The third-order valence-electron chi connectivity index (χ3n) is 4.73. The Morgan fingerprint density at radius 2 is 1.76 bits per heavy atom. The molecule has 138 valence electrons. The van der Waals surface area contributed by atoms with Gasteiger partial charge in [-0.15, -0.1) is 15.3 Å². The summed E-state index contributed by atoms with van der Waals surface area (Å²) in [6.45, 7) is 11.4. The fraction of sp³-hybridized carbons (Fsp3) is 0.688. The van der Waals surface area contributed by atoms with Crippen molar-refractivity contribution in [3.8, 4) is 0 Å². The minimum Gasteiger partial charge on any atom is -0.367 e. The van der Waals surface area contributed by atoms with Crippen molar-refractivity contribution in [2.45, 2.75) is 71.4 Å². The lowest BCUT2D eigenvalue weighted by Gasteiger charge is -2.28. The Balaban J connectivity index is 2.06. The summed E-state index contributed by atoms with van der Waals surface area (Å²) < 4.78 is 46.2. The van der Waals surface area contributed by atoms with Gasteiger partial charge in [0.25, 0.3) is 5.82 Å². The van der Waals surface area contributed by atoms with E-state index in [0.717, 1.165) is 10.1 Å². The Morgan fingerprint density at radius 1 is 1.12 bits per heavy atom. The van der Waals surface area contributed by atoms with E-state index in [1.807, 2.05) is 27.7 Å². The molecule has 0 saturated carbocycles. The van der Waals surface area contributed by atoms with Crippen molar-refractivity contribution in [2.24, 2.45) is 0 Å². The number of nitrogens with one attached hydrogen (secondary N) is 1. The van der Waals surface area contributed by atoms with E-state index in [-0.39, 0.29) is 17.3 Å². The quantitative estimate of drug-likeness (QED) is 0.891. The molecule has 9 heteroatoms. The van der Waals surface area contributed by atoms with Gasteiger partial charge in [-0.05, 0) is 53.5 Å². The Hall–Kier alpha value is -1.90. The van der Waals surface area contributed by atoms with Crippen molar-refractivity contribution in [1.29, 1.82) is 0 Å². The van der Waals surface area contributed by atoms with Gasteiger partial charge in [-0.1, -0.05) is 0 Å². The lowest BCUT2D eigenvalue weighted by Crippen LogP contribution is -2.38. The van der Waals surface area contributed by atoms with Crippen LogP contribution >= 0.6 is 0 Å². The highest BCUT2D eigenvalue weighted by atomic mass is 19.4. The van der Waals surface area contributed by atoms with E-state index >= 15 is 0 Å². The fourth-order valence-corrected chi connectivity index (χ4v) is 3.39. The highest BCUT2D eigenvalue weighted by Gasteiger charge is 2.46. The lowest BCUT2D eigenvalue weighted by atomic mass is 9.94. The minimum atomic E-state index is -4.62. The second-order valence-electron chi connectivity index (χ2n) is 7.72. The van der Waals surface area contributed by atoms with Gasteiger partial charge >= 0.3 is 6.18 Å². The van der Waals surface area contributed by atoms with Crippen LogP contribution in [0.2, 0.25) is 0 Å². The first-order valence-corrected chi connectivity index (χ1v) is 8.08. The van der Waals surface area contributed by atoms with Crippen LogP contribution in [0.4, 0.5) is 19.0 Å². The molecule has 1 fully saturated rings. The molecule has 0 spiro atoms. The lowest BCUT2D eigenvalue weighted by molar-refractivity contribution is -0.146. The monoisotopic (exact) mass is 357 g/mol. The third kappa shape index (κ3) is 3.05. The number of aromatic nitrogens is 4. The maximum Gasteiger partial charge on any atom is 0.453 e. The standard InChI is InChI=1S/C16H22F3N5O/c1-8-9(2)12-21-22-13(16(17,18)19)24(12)23-11(8)20-10-7-14(3,4)25-15(10,5)6/h10H,7H2,1-6H3,(H,20,23). The molecule has 0 amide bonds. The fourth-order valence-electron chi connectivity index (χ4n) is 3.39. The van der Waals surface area contributed by atoms with Gasteiger partial charge in [-0.2, -0.15) is 17.7 Å². The van der Waals surface area contributed by atoms with Crippen molar-refractivity contribution in [1.82, 2.24) is 19.8 Å². The molecule has 2 aromatic rings. The first-order chi connectivity index (χ1) is 11.3. The van der Waals surface area contributed by atoms with Crippen LogP contribution in [0.15, 0.2) is 0 Å². The number of aryl methyl sites for hydroxylation is 1. The molecule has 1 atom stereocenters. The molecule has 0 aromatic carbocycles. The average molecular weight is 357 g/mol. The molecule has 0 aliphatic carbocycles. The summed E-state index contributed by atoms with van der Waals surface area (Å²) in [5.74, 6) is -0.745. The van der Waals surface area contributed by atoms with E-state index in [1.165, 1.54) is 0 Å². The van der Waals surface area contributed by atoms with E-state index in [0.29, 0.717) is 17.8 Å². The molecule has 1 aliphatic rings. The zero-order valence-corrected chi connectivity index (χ0v) is 15.1. The summed E-state index contributed by atoms with van der Waals surface area (Å²) in [6, 6.07) is -0.0867. The van der Waals surface area contributed by atoms with Gasteiger partial charge in [0.05, 0.1) is 17.2 Å².